The highest BCUT2D eigenvalue weighted by Crippen LogP contribution is 2.36. The van der Waals surface area contributed by atoms with E-state index in [1.165, 1.54) is 0 Å². The minimum absolute atomic E-state index is 0.501. The Hall–Kier alpha value is -2.77. The first kappa shape index (κ1) is 17.6. The van der Waals surface area contributed by atoms with Gasteiger partial charge >= 0.3 is 0 Å². The fourth-order valence-corrected chi connectivity index (χ4v) is 3.87. The van der Waals surface area contributed by atoms with Crippen molar-refractivity contribution in [1.29, 1.82) is 0 Å². The summed E-state index contributed by atoms with van der Waals surface area (Å²) in [5.74, 6) is 1.31. The van der Waals surface area contributed by atoms with Gasteiger partial charge in [-0.15, -0.1) is 11.3 Å². The van der Waals surface area contributed by atoms with Crippen LogP contribution in [0.15, 0.2) is 36.5 Å². The van der Waals surface area contributed by atoms with Crippen LogP contribution in [-0.4, -0.2) is 42.4 Å². The van der Waals surface area contributed by atoms with Crippen LogP contribution >= 0.6 is 11.3 Å². The summed E-state index contributed by atoms with van der Waals surface area (Å²) >= 11 is 1.62. The summed E-state index contributed by atoms with van der Waals surface area (Å²) in [6, 6.07) is 10.0. The van der Waals surface area contributed by atoms with Crippen molar-refractivity contribution < 1.29 is 14.2 Å². The molecular weight excluding hydrogens is 362 g/mol. The molecule has 0 bridgehead atoms. The lowest BCUT2D eigenvalue weighted by atomic mass is 10.1. The van der Waals surface area contributed by atoms with Crippen molar-refractivity contribution in [2.75, 3.05) is 27.4 Å². The van der Waals surface area contributed by atoms with Gasteiger partial charge < -0.3 is 14.2 Å². The molecule has 0 aliphatic heterocycles. The number of ether oxygens (including phenoxy) is 3. The van der Waals surface area contributed by atoms with Gasteiger partial charge in [0.2, 0.25) is 5.88 Å². The Bertz CT molecular complexity index is 1110. The van der Waals surface area contributed by atoms with Crippen molar-refractivity contribution in [3.8, 4) is 22.2 Å². The number of fused-ring (bicyclic) bond motifs is 2. The molecule has 7 heteroatoms. The number of nitrogens with zero attached hydrogens (tertiary/aromatic N) is 3. The molecule has 0 saturated carbocycles. The van der Waals surface area contributed by atoms with Crippen LogP contribution in [0.25, 0.3) is 31.8 Å². The van der Waals surface area contributed by atoms with Gasteiger partial charge in [0.15, 0.2) is 0 Å². The smallest absolute Gasteiger partial charge is 0.232 e. The molecule has 138 valence electrons. The molecule has 6 nitrogen and oxygen atoms in total. The van der Waals surface area contributed by atoms with E-state index in [0.29, 0.717) is 19.1 Å². The number of thiazole rings is 1. The van der Waals surface area contributed by atoms with Crippen LogP contribution < -0.4 is 9.47 Å². The largest absolute Gasteiger partial charge is 0.491 e. The molecule has 0 unspecified atom stereocenters. The maximum Gasteiger partial charge on any atom is 0.232 e. The predicted octanol–water partition coefficient (Wildman–Crippen LogP) is 4.25. The van der Waals surface area contributed by atoms with Gasteiger partial charge in [-0.25, -0.2) is 15.0 Å². The van der Waals surface area contributed by atoms with Gasteiger partial charge in [0.25, 0.3) is 0 Å². The number of aromatic nitrogens is 3. The molecule has 0 aliphatic rings. The first-order valence-corrected chi connectivity index (χ1v) is 9.33. The van der Waals surface area contributed by atoms with Gasteiger partial charge in [-0.05, 0) is 42.8 Å². The van der Waals surface area contributed by atoms with E-state index in [-0.39, 0.29) is 0 Å². The Labute approximate surface area is 160 Å². The van der Waals surface area contributed by atoms with E-state index in [4.69, 9.17) is 19.2 Å². The predicted molar refractivity (Wildman–Crippen MR) is 107 cm³/mol. The SMILES string of the molecule is COCCOc1ccc2nc(-c3cc(C)cc4nc(OC)cnc34)sc2c1. The third-order valence-corrected chi connectivity index (χ3v) is 5.18. The normalized spacial score (nSPS) is 11.2. The highest BCUT2D eigenvalue weighted by Gasteiger charge is 2.14. The van der Waals surface area contributed by atoms with E-state index in [2.05, 4.69) is 16.0 Å². The third kappa shape index (κ3) is 3.56. The molecule has 0 atom stereocenters. The van der Waals surface area contributed by atoms with Gasteiger partial charge in [0.05, 0.1) is 41.2 Å². The van der Waals surface area contributed by atoms with E-state index in [1.54, 1.807) is 31.8 Å². The van der Waals surface area contributed by atoms with E-state index in [9.17, 15) is 0 Å². The van der Waals surface area contributed by atoms with Crippen LogP contribution in [-0.2, 0) is 4.74 Å². The van der Waals surface area contributed by atoms with Gasteiger partial charge in [-0.1, -0.05) is 0 Å². The van der Waals surface area contributed by atoms with E-state index in [0.717, 1.165) is 43.1 Å². The molecular formula is C20H19N3O3S. The lowest BCUT2D eigenvalue weighted by Crippen LogP contribution is -2.03. The zero-order valence-corrected chi connectivity index (χ0v) is 16.2. The Kier molecular flexibility index (Phi) is 4.87. The molecule has 27 heavy (non-hydrogen) atoms. The number of hydrogen-bond acceptors (Lipinski definition) is 7. The number of rotatable bonds is 6. The average molecular weight is 381 g/mol. The summed E-state index contributed by atoms with van der Waals surface area (Å²) in [5.41, 5.74) is 4.63. The second-order valence-corrected chi connectivity index (χ2v) is 7.11. The van der Waals surface area contributed by atoms with Gasteiger partial charge in [0.1, 0.15) is 17.4 Å². The van der Waals surface area contributed by atoms with Crippen LogP contribution in [0, 0.1) is 6.92 Å². The fraction of sp³-hybridized carbons (Fsp3) is 0.250. The Morgan fingerprint density at radius 2 is 1.89 bits per heavy atom. The number of methoxy groups -OCH3 is 2. The summed E-state index contributed by atoms with van der Waals surface area (Å²) in [6.45, 7) is 3.12. The molecule has 2 aromatic heterocycles. The highest BCUT2D eigenvalue weighted by molar-refractivity contribution is 7.21. The standard InChI is InChI=1S/C20H19N3O3S/c1-12-8-14(19-16(9-12)22-18(25-3)11-21-19)20-23-15-5-4-13(10-17(15)27-20)26-7-6-24-2/h4-5,8-11H,6-7H2,1-3H3. The minimum atomic E-state index is 0.501. The summed E-state index contributed by atoms with van der Waals surface area (Å²) in [4.78, 5) is 13.9. The fourth-order valence-electron chi connectivity index (χ4n) is 2.86. The quantitative estimate of drug-likeness (QED) is 0.465. The van der Waals surface area contributed by atoms with E-state index < -0.39 is 0 Å². The molecule has 0 saturated heterocycles. The molecule has 0 radical (unpaired) electrons. The molecule has 2 heterocycles. The maximum atomic E-state index is 5.70. The van der Waals surface area contributed by atoms with Gasteiger partial charge in [-0.3, -0.25) is 0 Å². The monoisotopic (exact) mass is 381 g/mol. The molecule has 0 N–H and O–H groups in total. The van der Waals surface area contributed by atoms with Crippen molar-refractivity contribution in [3.05, 3.63) is 42.1 Å². The second kappa shape index (κ2) is 7.46. The third-order valence-electron chi connectivity index (χ3n) is 4.12. The lowest BCUT2D eigenvalue weighted by Gasteiger charge is -2.06. The maximum absolute atomic E-state index is 5.70. The van der Waals surface area contributed by atoms with Crippen LogP contribution in [0.3, 0.4) is 0 Å². The van der Waals surface area contributed by atoms with E-state index >= 15 is 0 Å². The molecule has 2 aromatic carbocycles. The zero-order valence-electron chi connectivity index (χ0n) is 15.4. The Morgan fingerprint density at radius 3 is 2.70 bits per heavy atom. The molecule has 0 fully saturated rings. The first-order valence-electron chi connectivity index (χ1n) is 8.52. The molecule has 0 spiro atoms. The van der Waals surface area contributed by atoms with Crippen molar-refractivity contribution in [2.24, 2.45) is 0 Å². The molecule has 4 aromatic rings. The summed E-state index contributed by atoms with van der Waals surface area (Å²) in [6.07, 6.45) is 1.64. The summed E-state index contributed by atoms with van der Waals surface area (Å²) in [7, 11) is 3.25. The number of benzene rings is 2. The summed E-state index contributed by atoms with van der Waals surface area (Å²) < 4.78 is 17.0. The highest BCUT2D eigenvalue weighted by atomic mass is 32.1. The van der Waals surface area contributed by atoms with Crippen LogP contribution in [0.1, 0.15) is 5.56 Å². The number of hydrogen-bond donors (Lipinski definition) is 0. The van der Waals surface area contributed by atoms with Gasteiger partial charge in [0, 0.05) is 12.7 Å². The minimum Gasteiger partial charge on any atom is -0.491 e. The molecule has 0 aliphatic carbocycles. The van der Waals surface area contributed by atoms with E-state index in [1.807, 2.05) is 31.2 Å². The van der Waals surface area contributed by atoms with Gasteiger partial charge in [-0.2, -0.15) is 0 Å². The van der Waals surface area contributed by atoms with Crippen LogP contribution in [0.5, 0.6) is 11.6 Å². The van der Waals surface area contributed by atoms with Crippen molar-refractivity contribution in [1.82, 2.24) is 15.0 Å². The number of aryl methyl sites for hydroxylation is 1. The second-order valence-electron chi connectivity index (χ2n) is 6.08. The average Bonchev–Trinajstić information content (AvgIpc) is 3.10. The van der Waals surface area contributed by atoms with Crippen molar-refractivity contribution in [3.63, 3.8) is 0 Å². The zero-order chi connectivity index (χ0) is 18.8. The Balaban J connectivity index is 1.77. The van der Waals surface area contributed by atoms with Crippen LogP contribution in [0.4, 0.5) is 0 Å². The topological polar surface area (TPSA) is 66.4 Å². The Morgan fingerprint density at radius 1 is 1.00 bits per heavy atom. The van der Waals surface area contributed by atoms with Crippen LogP contribution in [0.2, 0.25) is 0 Å². The molecule has 4 rings (SSSR count). The summed E-state index contributed by atoms with van der Waals surface area (Å²) in [5, 5.41) is 0.909. The lowest BCUT2D eigenvalue weighted by molar-refractivity contribution is 0.146. The van der Waals surface area contributed by atoms with Crippen molar-refractivity contribution >= 4 is 32.6 Å². The first-order chi connectivity index (χ1) is 13.2. The molecule has 0 amide bonds. The van der Waals surface area contributed by atoms with Crippen molar-refractivity contribution in [2.45, 2.75) is 6.92 Å².